The van der Waals surface area contributed by atoms with Crippen molar-refractivity contribution in [3.8, 4) is 11.5 Å². The smallest absolute Gasteiger partial charge is 0.127 e. The van der Waals surface area contributed by atoms with Crippen molar-refractivity contribution in [3.05, 3.63) is 60.2 Å². The number of benzene rings is 2. The first-order valence-electron chi connectivity index (χ1n) is 7.44. The van der Waals surface area contributed by atoms with Gasteiger partial charge in [0.25, 0.3) is 0 Å². The van der Waals surface area contributed by atoms with Crippen molar-refractivity contribution < 1.29 is 9.47 Å². The first-order chi connectivity index (χ1) is 10.2. The molecule has 21 heavy (non-hydrogen) atoms. The van der Waals surface area contributed by atoms with Gasteiger partial charge in [-0.15, -0.1) is 0 Å². The lowest BCUT2D eigenvalue weighted by atomic mass is 9.89. The van der Waals surface area contributed by atoms with Gasteiger partial charge in [-0.3, -0.25) is 0 Å². The third-order valence-corrected chi connectivity index (χ3v) is 4.14. The zero-order valence-electron chi connectivity index (χ0n) is 12.2. The SMILES string of the molecule is CC1OCCC1C(N)c1ccc(Oc2ccccc2)cc1. The lowest BCUT2D eigenvalue weighted by Gasteiger charge is -2.22. The van der Waals surface area contributed by atoms with Gasteiger partial charge in [0.1, 0.15) is 11.5 Å². The first kappa shape index (κ1) is 14.1. The molecule has 3 nitrogen and oxygen atoms in total. The van der Waals surface area contributed by atoms with Crippen LogP contribution in [0.5, 0.6) is 11.5 Å². The van der Waals surface area contributed by atoms with Crippen LogP contribution in [-0.4, -0.2) is 12.7 Å². The van der Waals surface area contributed by atoms with Crippen molar-refractivity contribution >= 4 is 0 Å². The van der Waals surface area contributed by atoms with Crippen LogP contribution >= 0.6 is 0 Å². The Labute approximate surface area is 125 Å². The second kappa shape index (κ2) is 6.29. The van der Waals surface area contributed by atoms with Crippen LogP contribution < -0.4 is 10.5 Å². The Hall–Kier alpha value is -1.84. The van der Waals surface area contributed by atoms with E-state index in [1.807, 2.05) is 54.6 Å². The van der Waals surface area contributed by atoms with Crippen LogP contribution in [0.4, 0.5) is 0 Å². The number of nitrogens with two attached hydrogens (primary N) is 1. The summed E-state index contributed by atoms with van der Waals surface area (Å²) in [6.07, 6.45) is 1.27. The molecule has 1 heterocycles. The Morgan fingerprint density at radius 3 is 2.33 bits per heavy atom. The van der Waals surface area contributed by atoms with E-state index in [0.717, 1.165) is 30.1 Å². The topological polar surface area (TPSA) is 44.5 Å². The number of rotatable bonds is 4. The molecule has 0 aliphatic carbocycles. The Balaban J connectivity index is 1.69. The zero-order chi connectivity index (χ0) is 14.7. The molecule has 3 unspecified atom stereocenters. The molecule has 1 fully saturated rings. The molecule has 0 spiro atoms. The van der Waals surface area contributed by atoms with E-state index in [-0.39, 0.29) is 12.1 Å². The van der Waals surface area contributed by atoms with Crippen LogP contribution in [0.2, 0.25) is 0 Å². The maximum atomic E-state index is 6.37. The van der Waals surface area contributed by atoms with Gasteiger partial charge in [0.2, 0.25) is 0 Å². The minimum absolute atomic E-state index is 0.0216. The van der Waals surface area contributed by atoms with Crippen molar-refractivity contribution in [2.75, 3.05) is 6.61 Å². The fraction of sp³-hybridized carbons (Fsp3) is 0.333. The van der Waals surface area contributed by atoms with Gasteiger partial charge in [-0.25, -0.2) is 0 Å². The van der Waals surface area contributed by atoms with Gasteiger partial charge in [-0.2, -0.15) is 0 Å². The maximum absolute atomic E-state index is 6.37. The third kappa shape index (κ3) is 3.26. The molecule has 3 heteroatoms. The van der Waals surface area contributed by atoms with Crippen molar-refractivity contribution in [1.29, 1.82) is 0 Å². The monoisotopic (exact) mass is 283 g/mol. The highest BCUT2D eigenvalue weighted by Gasteiger charge is 2.30. The minimum atomic E-state index is 0.0216. The normalized spacial score (nSPS) is 23.0. The lowest BCUT2D eigenvalue weighted by molar-refractivity contribution is 0.0995. The maximum Gasteiger partial charge on any atom is 0.127 e. The summed E-state index contributed by atoms with van der Waals surface area (Å²) in [7, 11) is 0. The van der Waals surface area contributed by atoms with Gasteiger partial charge in [0, 0.05) is 18.6 Å². The summed E-state index contributed by atoms with van der Waals surface area (Å²) in [5, 5.41) is 0. The average molecular weight is 283 g/mol. The number of ether oxygens (including phenoxy) is 2. The molecule has 0 radical (unpaired) electrons. The van der Waals surface area contributed by atoms with Crippen molar-refractivity contribution in [1.82, 2.24) is 0 Å². The van der Waals surface area contributed by atoms with Crippen LogP contribution in [0.1, 0.15) is 24.9 Å². The zero-order valence-corrected chi connectivity index (χ0v) is 12.2. The predicted molar refractivity (Wildman–Crippen MR) is 83.4 cm³/mol. The number of hydrogen-bond donors (Lipinski definition) is 1. The predicted octanol–water partition coefficient (Wildman–Crippen LogP) is 3.90. The highest BCUT2D eigenvalue weighted by molar-refractivity contribution is 5.34. The second-order valence-corrected chi connectivity index (χ2v) is 5.54. The van der Waals surface area contributed by atoms with E-state index in [9.17, 15) is 0 Å². The Morgan fingerprint density at radius 2 is 1.71 bits per heavy atom. The highest BCUT2D eigenvalue weighted by Crippen LogP contribution is 2.32. The van der Waals surface area contributed by atoms with Gasteiger partial charge < -0.3 is 15.2 Å². The third-order valence-electron chi connectivity index (χ3n) is 4.14. The first-order valence-corrected chi connectivity index (χ1v) is 7.44. The Morgan fingerprint density at radius 1 is 1.05 bits per heavy atom. The van der Waals surface area contributed by atoms with Crippen molar-refractivity contribution in [3.63, 3.8) is 0 Å². The van der Waals surface area contributed by atoms with Crippen molar-refractivity contribution in [2.45, 2.75) is 25.5 Å². The average Bonchev–Trinajstić information content (AvgIpc) is 2.94. The number of para-hydroxylation sites is 1. The molecule has 3 rings (SSSR count). The summed E-state index contributed by atoms with van der Waals surface area (Å²) in [4.78, 5) is 0. The summed E-state index contributed by atoms with van der Waals surface area (Å²) < 4.78 is 11.4. The molecule has 0 aromatic heterocycles. The Kier molecular flexibility index (Phi) is 4.23. The van der Waals surface area contributed by atoms with E-state index in [1.54, 1.807) is 0 Å². The fourth-order valence-corrected chi connectivity index (χ4v) is 2.85. The second-order valence-electron chi connectivity index (χ2n) is 5.54. The molecule has 0 amide bonds. The molecule has 0 bridgehead atoms. The van der Waals surface area contributed by atoms with Gasteiger partial charge >= 0.3 is 0 Å². The molecule has 1 aliphatic heterocycles. The van der Waals surface area contributed by atoms with Crippen LogP contribution in [0, 0.1) is 5.92 Å². The molecule has 2 aromatic rings. The minimum Gasteiger partial charge on any atom is -0.457 e. The number of hydrogen-bond acceptors (Lipinski definition) is 3. The Bertz CT molecular complexity index is 568. The van der Waals surface area contributed by atoms with Gasteiger partial charge in [-0.05, 0) is 43.2 Å². The van der Waals surface area contributed by atoms with Crippen LogP contribution in [0.3, 0.4) is 0 Å². The van der Waals surface area contributed by atoms with Crippen LogP contribution in [0.15, 0.2) is 54.6 Å². The molecular formula is C18H21NO2. The highest BCUT2D eigenvalue weighted by atomic mass is 16.5. The molecular weight excluding hydrogens is 262 g/mol. The van der Waals surface area contributed by atoms with E-state index in [4.69, 9.17) is 15.2 Å². The fourth-order valence-electron chi connectivity index (χ4n) is 2.85. The summed E-state index contributed by atoms with van der Waals surface area (Å²) in [6, 6.07) is 17.8. The lowest BCUT2D eigenvalue weighted by Crippen LogP contribution is -2.26. The molecule has 1 saturated heterocycles. The van der Waals surface area contributed by atoms with E-state index >= 15 is 0 Å². The van der Waals surface area contributed by atoms with Crippen LogP contribution in [0.25, 0.3) is 0 Å². The van der Waals surface area contributed by atoms with Gasteiger partial charge in [0.05, 0.1) is 6.10 Å². The van der Waals surface area contributed by atoms with E-state index in [0.29, 0.717) is 5.92 Å². The molecule has 2 N–H and O–H groups in total. The van der Waals surface area contributed by atoms with E-state index in [2.05, 4.69) is 6.92 Å². The summed E-state index contributed by atoms with van der Waals surface area (Å²) in [5.41, 5.74) is 7.51. The molecule has 2 aromatic carbocycles. The standard InChI is InChI=1S/C18H21NO2/c1-13-17(11-12-20-13)18(19)14-7-9-16(10-8-14)21-15-5-3-2-4-6-15/h2-10,13,17-18H,11-12,19H2,1H3. The van der Waals surface area contributed by atoms with E-state index in [1.165, 1.54) is 0 Å². The molecule has 3 atom stereocenters. The summed E-state index contributed by atoms with van der Waals surface area (Å²) in [6.45, 7) is 2.92. The summed E-state index contributed by atoms with van der Waals surface area (Å²) >= 11 is 0. The van der Waals surface area contributed by atoms with Crippen molar-refractivity contribution in [2.24, 2.45) is 11.7 Å². The molecule has 1 aliphatic rings. The van der Waals surface area contributed by atoms with Gasteiger partial charge in [0.15, 0.2) is 0 Å². The molecule has 0 saturated carbocycles. The largest absolute Gasteiger partial charge is 0.457 e. The van der Waals surface area contributed by atoms with Crippen LogP contribution in [-0.2, 0) is 4.74 Å². The molecule has 110 valence electrons. The van der Waals surface area contributed by atoms with Gasteiger partial charge in [-0.1, -0.05) is 30.3 Å². The quantitative estimate of drug-likeness (QED) is 0.925. The van der Waals surface area contributed by atoms with E-state index < -0.39 is 0 Å². The summed E-state index contributed by atoms with van der Waals surface area (Å²) in [5.74, 6) is 2.06.